The fourth-order valence-electron chi connectivity index (χ4n) is 3.96. The zero-order chi connectivity index (χ0) is 22.2. The van der Waals surface area contributed by atoms with Crippen molar-refractivity contribution in [1.82, 2.24) is 25.3 Å². The number of nitrogens with zero attached hydrogens (tertiary/aromatic N) is 4. The van der Waals surface area contributed by atoms with E-state index in [1.54, 1.807) is 13.4 Å². The first kappa shape index (κ1) is 25.1. The van der Waals surface area contributed by atoms with Crippen LogP contribution >= 0.6 is 24.0 Å². The van der Waals surface area contributed by atoms with E-state index in [1.165, 1.54) is 12.8 Å². The van der Waals surface area contributed by atoms with E-state index in [4.69, 9.17) is 14.1 Å². The van der Waals surface area contributed by atoms with E-state index in [-0.39, 0.29) is 30.0 Å². The van der Waals surface area contributed by atoms with Crippen LogP contribution in [0.4, 0.5) is 0 Å². The smallest absolute Gasteiger partial charge is 0.191 e. The van der Waals surface area contributed by atoms with Gasteiger partial charge >= 0.3 is 0 Å². The van der Waals surface area contributed by atoms with Gasteiger partial charge in [-0.15, -0.1) is 24.0 Å². The number of nitrogens with one attached hydrogen (secondary N) is 2. The van der Waals surface area contributed by atoms with Gasteiger partial charge in [0.05, 0.1) is 37.3 Å². The maximum atomic E-state index is 5.73. The standard InChI is InChI=1S/C24H32N6O2.HI/c1-3-25-24(27-18-22(23-7-6-16-32-23)29-13-4-5-14-29)26-17-19-12-15-30(28-19)20-8-10-21(31-2)11-9-20;/h6-12,15-16,22H,3-5,13-14,17-18H2,1-2H3,(H2,25,26,27);1H. The largest absolute Gasteiger partial charge is 0.497 e. The van der Waals surface area contributed by atoms with Crippen LogP contribution in [-0.4, -0.2) is 53.9 Å². The Kier molecular flexibility index (Phi) is 9.61. The van der Waals surface area contributed by atoms with Gasteiger partial charge in [-0.2, -0.15) is 5.10 Å². The lowest BCUT2D eigenvalue weighted by Crippen LogP contribution is -2.42. The van der Waals surface area contributed by atoms with E-state index in [0.29, 0.717) is 6.54 Å². The predicted molar refractivity (Wildman–Crippen MR) is 141 cm³/mol. The van der Waals surface area contributed by atoms with Crippen molar-refractivity contribution >= 4 is 29.9 Å². The summed E-state index contributed by atoms with van der Waals surface area (Å²) in [5, 5.41) is 11.5. The molecule has 9 heteroatoms. The fourth-order valence-corrected chi connectivity index (χ4v) is 3.96. The fraction of sp³-hybridized carbons (Fsp3) is 0.417. The molecule has 0 saturated carbocycles. The molecule has 8 nitrogen and oxygen atoms in total. The number of halogens is 1. The van der Waals surface area contributed by atoms with Gasteiger partial charge in [0, 0.05) is 19.3 Å². The third-order valence-corrected chi connectivity index (χ3v) is 5.64. The molecule has 0 radical (unpaired) electrons. The lowest BCUT2D eigenvalue weighted by atomic mass is 10.2. The van der Waals surface area contributed by atoms with Crippen LogP contribution in [-0.2, 0) is 6.54 Å². The molecule has 178 valence electrons. The Morgan fingerprint density at radius 3 is 2.61 bits per heavy atom. The Morgan fingerprint density at radius 1 is 1.15 bits per heavy atom. The van der Waals surface area contributed by atoms with Gasteiger partial charge in [-0.05, 0) is 75.3 Å². The van der Waals surface area contributed by atoms with Crippen molar-refractivity contribution in [1.29, 1.82) is 0 Å². The van der Waals surface area contributed by atoms with Crippen molar-refractivity contribution in [2.75, 3.05) is 33.3 Å². The molecule has 1 aliphatic rings. The quantitative estimate of drug-likeness (QED) is 0.233. The lowest BCUT2D eigenvalue weighted by molar-refractivity contribution is 0.215. The van der Waals surface area contributed by atoms with Crippen LogP contribution in [0.2, 0.25) is 0 Å². The molecule has 0 bridgehead atoms. The van der Waals surface area contributed by atoms with Gasteiger partial charge in [0.2, 0.25) is 0 Å². The average Bonchev–Trinajstić information content (AvgIpc) is 3.61. The van der Waals surface area contributed by atoms with Crippen molar-refractivity contribution < 1.29 is 9.15 Å². The third kappa shape index (κ3) is 6.73. The highest BCUT2D eigenvalue weighted by molar-refractivity contribution is 14.0. The Morgan fingerprint density at radius 2 is 1.94 bits per heavy atom. The number of benzene rings is 1. The van der Waals surface area contributed by atoms with Crippen molar-refractivity contribution in [3.8, 4) is 11.4 Å². The Bertz CT molecular complexity index is 981. The van der Waals surface area contributed by atoms with Gasteiger partial charge in [-0.1, -0.05) is 0 Å². The van der Waals surface area contributed by atoms with Gasteiger partial charge in [-0.25, -0.2) is 9.67 Å². The van der Waals surface area contributed by atoms with Crippen LogP contribution in [0.1, 0.15) is 37.3 Å². The second-order valence-corrected chi connectivity index (χ2v) is 7.80. The number of likely N-dealkylation sites (tertiary alicyclic amines) is 1. The van der Waals surface area contributed by atoms with Crippen LogP contribution in [0.25, 0.3) is 5.69 Å². The van der Waals surface area contributed by atoms with E-state index in [9.17, 15) is 0 Å². The molecule has 0 amide bonds. The summed E-state index contributed by atoms with van der Waals surface area (Å²) in [6, 6.07) is 14.0. The maximum Gasteiger partial charge on any atom is 0.191 e. The summed E-state index contributed by atoms with van der Waals surface area (Å²) < 4.78 is 12.8. The molecule has 1 fully saturated rings. The average molecular weight is 564 g/mol. The monoisotopic (exact) mass is 564 g/mol. The topological polar surface area (TPSA) is 79.8 Å². The van der Waals surface area contributed by atoms with E-state index in [1.807, 2.05) is 47.3 Å². The van der Waals surface area contributed by atoms with Gasteiger partial charge in [-0.3, -0.25) is 4.90 Å². The highest BCUT2D eigenvalue weighted by Crippen LogP contribution is 2.24. The molecule has 2 aromatic heterocycles. The predicted octanol–water partition coefficient (Wildman–Crippen LogP) is 3.98. The number of aromatic nitrogens is 2. The van der Waals surface area contributed by atoms with E-state index in [2.05, 4.69) is 33.6 Å². The van der Waals surface area contributed by atoms with Crippen molar-refractivity contribution in [2.45, 2.75) is 32.4 Å². The summed E-state index contributed by atoms with van der Waals surface area (Å²) in [5.74, 6) is 2.60. The summed E-state index contributed by atoms with van der Waals surface area (Å²) in [7, 11) is 1.66. The Hall–Kier alpha value is -2.53. The molecular weight excluding hydrogens is 531 g/mol. The number of hydrogen-bond donors (Lipinski definition) is 2. The molecule has 1 unspecified atom stereocenters. The first-order valence-corrected chi connectivity index (χ1v) is 11.3. The molecule has 3 heterocycles. The molecule has 2 N–H and O–H groups in total. The van der Waals surface area contributed by atoms with Crippen molar-refractivity contribution in [3.63, 3.8) is 0 Å². The number of aliphatic imine (C=N–C) groups is 1. The molecule has 1 atom stereocenters. The Balaban J connectivity index is 0.00000306. The van der Waals surface area contributed by atoms with Crippen LogP contribution in [0, 0.1) is 0 Å². The number of furan rings is 1. The first-order chi connectivity index (χ1) is 15.8. The normalized spacial score (nSPS) is 15.2. The number of ether oxygens (including phenoxy) is 1. The molecule has 1 aromatic carbocycles. The maximum absolute atomic E-state index is 5.73. The lowest BCUT2D eigenvalue weighted by Gasteiger charge is -2.26. The van der Waals surface area contributed by atoms with E-state index < -0.39 is 0 Å². The number of rotatable bonds is 9. The zero-order valence-electron chi connectivity index (χ0n) is 19.2. The zero-order valence-corrected chi connectivity index (χ0v) is 21.6. The minimum absolute atomic E-state index is 0. The third-order valence-electron chi connectivity index (χ3n) is 5.64. The van der Waals surface area contributed by atoms with Gasteiger partial charge in [0.25, 0.3) is 0 Å². The molecule has 4 rings (SSSR count). The van der Waals surface area contributed by atoms with E-state index in [0.717, 1.165) is 55.0 Å². The molecule has 3 aromatic rings. The van der Waals surface area contributed by atoms with Crippen LogP contribution < -0.4 is 15.4 Å². The van der Waals surface area contributed by atoms with E-state index >= 15 is 0 Å². The first-order valence-electron chi connectivity index (χ1n) is 11.3. The number of hydrogen-bond acceptors (Lipinski definition) is 5. The summed E-state index contributed by atoms with van der Waals surface area (Å²) in [6.45, 7) is 6.29. The molecule has 1 saturated heterocycles. The molecule has 1 aliphatic heterocycles. The van der Waals surface area contributed by atoms with Gasteiger partial charge < -0.3 is 19.8 Å². The number of methoxy groups -OCH3 is 1. The second kappa shape index (κ2) is 12.6. The summed E-state index contributed by atoms with van der Waals surface area (Å²) in [6.07, 6.45) is 6.18. The van der Waals surface area contributed by atoms with Crippen LogP contribution in [0.3, 0.4) is 0 Å². The summed E-state index contributed by atoms with van der Waals surface area (Å²) >= 11 is 0. The highest BCUT2D eigenvalue weighted by Gasteiger charge is 2.25. The van der Waals surface area contributed by atoms with Crippen LogP contribution in [0.5, 0.6) is 5.75 Å². The van der Waals surface area contributed by atoms with Crippen molar-refractivity contribution in [2.24, 2.45) is 4.99 Å². The summed E-state index contributed by atoms with van der Waals surface area (Å²) in [4.78, 5) is 7.23. The SMILES string of the molecule is CCNC(=NCc1ccn(-c2ccc(OC)cc2)n1)NCC(c1ccco1)N1CCCC1.I. The second-order valence-electron chi connectivity index (χ2n) is 7.80. The molecule has 0 spiro atoms. The molecule has 0 aliphatic carbocycles. The minimum atomic E-state index is 0. The van der Waals surface area contributed by atoms with Gasteiger partial charge in [0.1, 0.15) is 11.5 Å². The summed E-state index contributed by atoms with van der Waals surface area (Å²) in [5.41, 5.74) is 1.89. The Labute approximate surface area is 212 Å². The minimum Gasteiger partial charge on any atom is -0.497 e. The van der Waals surface area contributed by atoms with Crippen molar-refractivity contribution in [3.05, 3.63) is 66.4 Å². The molecule has 33 heavy (non-hydrogen) atoms. The van der Waals surface area contributed by atoms with Gasteiger partial charge in [0.15, 0.2) is 5.96 Å². The highest BCUT2D eigenvalue weighted by atomic mass is 127. The molecular formula is C24H33IN6O2. The van der Waals surface area contributed by atoms with Crippen LogP contribution in [0.15, 0.2) is 64.3 Å². The number of guanidine groups is 1.